The summed E-state index contributed by atoms with van der Waals surface area (Å²) in [5.41, 5.74) is 8.90. The fourth-order valence-electron chi connectivity index (χ4n) is 16.0. The molecule has 0 radical (unpaired) electrons. The molecule has 3 saturated heterocycles. The maximum atomic E-state index is 16.5. The number of aliphatic hydroxyl groups excluding tert-OH is 7. The predicted molar refractivity (Wildman–Crippen MR) is 453 cm³/mol. The number of aliphatic hydroxyl groups is 7. The number of ether oxygens (including phenoxy) is 8. The summed E-state index contributed by atoms with van der Waals surface area (Å²) in [4.78, 5) is 135. The zero-order valence-corrected chi connectivity index (χ0v) is 72.1. The zero-order chi connectivity index (χ0) is 92.5. The van der Waals surface area contributed by atoms with Gasteiger partial charge in [-0.15, -0.1) is 11.3 Å². The molecule has 8 aliphatic rings. The van der Waals surface area contributed by atoms with Gasteiger partial charge in [0, 0.05) is 69.5 Å². The van der Waals surface area contributed by atoms with E-state index >= 15 is 24.0 Å². The van der Waals surface area contributed by atoms with E-state index in [9.17, 15) is 75.3 Å². The molecular weight excluding hydrogens is 1760 g/mol. The van der Waals surface area contributed by atoms with Gasteiger partial charge in [-0.05, 0) is 140 Å². The number of carboxylic acid groups (broad SMARTS) is 1. The number of nitrogens with one attached hydrogen (secondary N) is 9. The standard InChI is InChI=1S/C85H96Cl3N11O28S/c1-32(2)19-47(91-6)76(112)98-64-67(106)37-10-16-51(45(87)21-37)121-53-23-39-24-54(73(53)126-84-71(110)70(109)74(56(31-100)124-84)127-83-65(93-34(4)101)69(108)68(107)55(123-83)30-92-29-42-14-18-57(128-42)35-7-12-40(86)13-8-35)122-52-17-11-38(22-46(52)88)72(125-59-28-85(5,90)75(111)33(3)120-59)66-81(117)97-63(82(118)119)44-25-41(102)26-50(104)60(44)43-20-36(9-15-49(43)103)61(78(114)99-66)96-79(115)62(39)95-77(113)48(27-58(89)105)94-80(64)116/h7-18,20-26,32-33,47-48,55-56,59,61-72,74-75,83-84,91-92,100,102-104,106-111H,19,27-31,90H2,1-6H3,(H2,89,105)(H,93,101)(H,94,116)(H,95,113)(H,96,115)(H,97,117)(H,98,112)(H,99,114)(H,118,119)/t33-,47+,48-,55?,56+,59-,61+,62+,63+,64+,65+,66?,67+,68-,69+,70+,71+,72+,74+,75-,83-,84-,85-/m0/s1. The number of rotatable bonds is 21. The van der Waals surface area contributed by atoms with Crippen LogP contribution < -0.4 is 73.5 Å². The Morgan fingerprint density at radius 3 is 1.94 bits per heavy atom. The van der Waals surface area contributed by atoms with Crippen LogP contribution in [0.15, 0.2) is 115 Å². The summed E-state index contributed by atoms with van der Waals surface area (Å²) >= 11 is 22.1. The second kappa shape index (κ2) is 39.7. The number of amides is 8. The topological polar surface area (TPSA) is 610 Å². The van der Waals surface area contributed by atoms with Crippen molar-refractivity contribution in [2.45, 2.75) is 200 Å². The number of phenols is 3. The highest BCUT2D eigenvalue weighted by molar-refractivity contribution is 7.15. The molecule has 0 aliphatic carbocycles. The number of aliphatic carboxylic acids is 1. The second-order valence-electron chi connectivity index (χ2n) is 32.5. The first-order chi connectivity index (χ1) is 60.7. The number of carbonyl (C=O) groups excluding carboxylic acids is 8. The van der Waals surface area contributed by atoms with Gasteiger partial charge in [-0.2, -0.15) is 0 Å². The Balaban J connectivity index is 0.974. The SMILES string of the molecule is CN[C@H](CC(C)C)C(=O)N[C@H]1C(=O)N[C@@H](CC(N)=O)C(=O)N[C@H]2C(=O)N[C@H]3C(=O)NC(C(=O)N[C@@H](C(=O)O)c4cc(O)cc(O)c4-c4cc3ccc4O)[C@H](O[C@H]3C[C@](C)(N)[C@@H](O)[C@H](C)O3)c3ccc(c(Cl)c3)Oc3cc2cc(c3O[C@@H]2O[C@H](CO)[C@@H](O[C@@H]3OC(CNCc4ccc(-c5ccc(Cl)cc5)s4)[C@H](O)[C@H](O)[C@H]3NC(C)=O)[C@H](O)[C@H]2O)Oc2ccc(cc2Cl)[C@H]1O. The highest BCUT2D eigenvalue weighted by Crippen LogP contribution is 2.51. The molecule has 7 aromatic rings. The van der Waals surface area contributed by atoms with Crippen LogP contribution in [0, 0.1) is 5.92 Å². The number of carbonyl (C=O) groups is 9. The van der Waals surface area contributed by atoms with Crippen LogP contribution in [0.4, 0.5) is 0 Å². The number of aromatic hydroxyl groups is 3. The van der Waals surface area contributed by atoms with Crippen molar-refractivity contribution < 1.29 is 137 Å². The summed E-state index contributed by atoms with van der Waals surface area (Å²) in [6.07, 6.45) is -26.8. The van der Waals surface area contributed by atoms with Gasteiger partial charge in [-0.3, -0.25) is 38.4 Å². The molecule has 39 nitrogen and oxygen atoms in total. The van der Waals surface area contributed by atoms with Crippen molar-refractivity contribution in [2.75, 3.05) is 20.2 Å². The van der Waals surface area contributed by atoms with Gasteiger partial charge in [-0.1, -0.05) is 79.0 Å². The van der Waals surface area contributed by atoms with Crippen LogP contribution in [0.5, 0.6) is 46.0 Å². The Morgan fingerprint density at radius 2 is 1.30 bits per heavy atom. The number of hydrogen-bond acceptors (Lipinski definition) is 31. The third kappa shape index (κ3) is 20.9. The van der Waals surface area contributed by atoms with E-state index in [2.05, 4.69) is 47.9 Å². The van der Waals surface area contributed by atoms with E-state index < -0.39 is 290 Å². The Bertz CT molecular complexity index is 5370. The molecule has 0 spiro atoms. The van der Waals surface area contributed by atoms with E-state index in [1.165, 1.54) is 44.4 Å². The Kier molecular flexibility index (Phi) is 29.5. The number of thiophene rings is 1. The first-order valence-corrected chi connectivity index (χ1v) is 42.4. The fourth-order valence-corrected chi connectivity index (χ4v) is 17.5. The number of hydrogen-bond donors (Lipinski definition) is 22. The summed E-state index contributed by atoms with van der Waals surface area (Å²) in [7, 11) is 1.46. The highest BCUT2D eigenvalue weighted by atomic mass is 35.5. The van der Waals surface area contributed by atoms with Crippen LogP contribution in [0.3, 0.4) is 0 Å². The van der Waals surface area contributed by atoms with Gasteiger partial charge in [0.2, 0.25) is 59.3 Å². The molecule has 11 bridgehead atoms. The van der Waals surface area contributed by atoms with Crippen molar-refractivity contribution in [3.05, 3.63) is 163 Å². The average Bonchev–Trinajstić information content (AvgIpc) is 0.817. The fraction of sp³-hybridized carbons (Fsp3) is 0.424. The molecule has 686 valence electrons. The van der Waals surface area contributed by atoms with Crippen LogP contribution >= 0.6 is 46.1 Å². The molecule has 8 aliphatic heterocycles. The Morgan fingerprint density at radius 1 is 0.664 bits per heavy atom. The molecule has 1 aromatic heterocycles. The number of nitrogens with two attached hydrogens (primary N) is 2. The lowest BCUT2D eigenvalue weighted by Gasteiger charge is -2.47. The van der Waals surface area contributed by atoms with Crippen LogP contribution in [0.2, 0.25) is 15.1 Å². The van der Waals surface area contributed by atoms with Gasteiger partial charge >= 0.3 is 5.97 Å². The minimum Gasteiger partial charge on any atom is -0.508 e. The third-order valence-electron chi connectivity index (χ3n) is 22.5. The molecule has 0 saturated carbocycles. The molecule has 128 heavy (non-hydrogen) atoms. The van der Waals surface area contributed by atoms with Crippen molar-refractivity contribution in [1.82, 2.24) is 47.9 Å². The molecule has 2 unspecified atom stereocenters. The van der Waals surface area contributed by atoms with Gasteiger partial charge in [-0.25, -0.2) is 4.79 Å². The maximum absolute atomic E-state index is 16.5. The average molecular weight is 1860 g/mol. The van der Waals surface area contributed by atoms with E-state index in [0.717, 1.165) is 89.0 Å². The third-order valence-corrected chi connectivity index (χ3v) is 24.5. The van der Waals surface area contributed by atoms with Gasteiger partial charge < -0.3 is 153 Å². The highest BCUT2D eigenvalue weighted by Gasteiger charge is 2.54. The summed E-state index contributed by atoms with van der Waals surface area (Å²) in [6.45, 7) is 6.57. The molecular formula is C85H96Cl3N11O28S. The Labute approximate surface area is 748 Å². The van der Waals surface area contributed by atoms with Crippen LogP contribution in [-0.4, -0.2) is 239 Å². The summed E-state index contributed by atoms with van der Waals surface area (Å²) in [5, 5.41) is 152. The minimum absolute atomic E-state index is 0.133. The van der Waals surface area contributed by atoms with Gasteiger partial charge in [0.25, 0.3) is 0 Å². The number of likely N-dealkylation sites (N-methyl/N-ethyl adjacent to an activating group) is 1. The van der Waals surface area contributed by atoms with E-state index in [1.807, 2.05) is 24.3 Å². The molecule has 3 fully saturated rings. The number of benzene rings is 6. The summed E-state index contributed by atoms with van der Waals surface area (Å²) < 4.78 is 51.9. The van der Waals surface area contributed by atoms with Crippen molar-refractivity contribution in [1.29, 1.82) is 0 Å². The van der Waals surface area contributed by atoms with Crippen LogP contribution in [0.1, 0.15) is 117 Å². The number of halogens is 3. The molecule has 23 atom stereocenters. The number of phenolic OH excluding ortho intramolecular Hbond substituents is 3. The van der Waals surface area contributed by atoms with E-state index in [4.69, 9.17) is 84.2 Å². The van der Waals surface area contributed by atoms with Gasteiger partial charge in [0.05, 0.1) is 41.3 Å². The maximum Gasteiger partial charge on any atom is 0.330 e. The van der Waals surface area contributed by atoms with Crippen LogP contribution in [0.25, 0.3) is 21.6 Å². The smallest absolute Gasteiger partial charge is 0.330 e. The zero-order valence-electron chi connectivity index (χ0n) is 69.0. The summed E-state index contributed by atoms with van der Waals surface area (Å²) in [6, 6.07) is 8.34. The monoisotopic (exact) mass is 1860 g/mol. The van der Waals surface area contributed by atoms with Crippen molar-refractivity contribution in [2.24, 2.45) is 17.4 Å². The van der Waals surface area contributed by atoms with E-state index in [-0.39, 0.29) is 43.0 Å². The lowest BCUT2D eigenvalue weighted by Crippen LogP contribution is -2.68. The predicted octanol–water partition coefficient (Wildman–Crippen LogP) is 2.25. The number of carboxylic acids is 1. The molecule has 9 heterocycles. The first kappa shape index (κ1) is 94.9. The van der Waals surface area contributed by atoms with Crippen LogP contribution in [-0.2, 0) is 73.4 Å². The summed E-state index contributed by atoms with van der Waals surface area (Å²) in [5.74, 6) is -17.5. The normalized spacial score (nSPS) is 29.3. The molecule has 24 N–H and O–H groups in total. The van der Waals surface area contributed by atoms with Crippen molar-refractivity contribution >= 4 is 99.4 Å². The van der Waals surface area contributed by atoms with Crippen molar-refractivity contribution in [3.8, 4) is 67.6 Å². The lowest BCUT2D eigenvalue weighted by atomic mass is 9.86. The molecule has 8 amide bonds. The molecule has 43 heteroatoms. The Hall–Kier alpha value is -10.7. The first-order valence-electron chi connectivity index (χ1n) is 40.4. The van der Waals surface area contributed by atoms with E-state index in [1.54, 1.807) is 26.0 Å². The number of primary amides is 1. The second-order valence-corrected chi connectivity index (χ2v) is 34.9. The van der Waals surface area contributed by atoms with Gasteiger partial charge in [0.1, 0.15) is 120 Å². The van der Waals surface area contributed by atoms with Gasteiger partial charge in [0.15, 0.2) is 30.1 Å². The van der Waals surface area contributed by atoms with Crippen molar-refractivity contribution in [3.63, 3.8) is 0 Å². The van der Waals surface area contributed by atoms with E-state index in [0.29, 0.717) is 5.02 Å². The number of fused-ring (bicyclic) bond motifs is 15. The molecule has 15 rings (SSSR count). The molecule has 6 aromatic carbocycles. The quantitative estimate of drug-likeness (QED) is 0.0490. The minimum atomic E-state index is -2.43. The largest absolute Gasteiger partial charge is 0.508 e. The lowest BCUT2D eigenvalue weighted by molar-refractivity contribution is -0.335.